The minimum absolute atomic E-state index is 0.121. The molecule has 2 N–H and O–H groups in total. The molecule has 19 heavy (non-hydrogen) atoms. The summed E-state index contributed by atoms with van der Waals surface area (Å²) in [6.07, 6.45) is 6.19. The lowest BCUT2D eigenvalue weighted by atomic mass is 9.66. The third-order valence-electron chi connectivity index (χ3n) is 3.54. The predicted molar refractivity (Wildman–Crippen MR) is 73.9 cm³/mol. The minimum atomic E-state index is -0.803. The lowest BCUT2D eigenvalue weighted by Gasteiger charge is -2.41. The highest BCUT2D eigenvalue weighted by Crippen LogP contribution is 2.43. The van der Waals surface area contributed by atoms with Crippen LogP contribution in [-0.4, -0.2) is 41.6 Å². The molecule has 106 valence electrons. The summed E-state index contributed by atoms with van der Waals surface area (Å²) in [5.41, 5.74) is -0.254. The molecule has 0 bridgehead atoms. The summed E-state index contributed by atoms with van der Waals surface area (Å²) in [6, 6.07) is -0.198. The molecular formula is C14H22N2O3. The van der Waals surface area contributed by atoms with Crippen molar-refractivity contribution in [1.82, 2.24) is 10.2 Å². The SMILES string of the molecule is C=CCN(CC=C)C(=O)NCC1(CC(=O)O)CCC1. The molecule has 0 aromatic rings. The normalized spacial score (nSPS) is 16.0. The number of nitrogens with one attached hydrogen (secondary N) is 1. The van der Waals surface area contributed by atoms with E-state index in [2.05, 4.69) is 18.5 Å². The lowest BCUT2D eigenvalue weighted by molar-refractivity contribution is -0.141. The van der Waals surface area contributed by atoms with E-state index in [1.165, 1.54) is 0 Å². The number of rotatable bonds is 8. The van der Waals surface area contributed by atoms with Gasteiger partial charge >= 0.3 is 12.0 Å². The van der Waals surface area contributed by atoms with E-state index in [1.807, 2.05) is 0 Å². The Morgan fingerprint density at radius 1 is 1.26 bits per heavy atom. The van der Waals surface area contributed by atoms with Gasteiger partial charge in [-0.15, -0.1) is 13.2 Å². The highest BCUT2D eigenvalue weighted by Gasteiger charge is 2.39. The standard InChI is InChI=1S/C14H22N2O3/c1-3-8-16(9-4-2)13(19)15-11-14(6-5-7-14)10-12(17)18/h3-4H,1-2,5-11H2,(H,15,19)(H,17,18). The van der Waals surface area contributed by atoms with Gasteiger partial charge in [-0.3, -0.25) is 4.79 Å². The molecule has 1 aliphatic carbocycles. The van der Waals surface area contributed by atoms with Gasteiger partial charge in [0.25, 0.3) is 0 Å². The number of nitrogens with zero attached hydrogens (tertiary/aromatic N) is 1. The van der Waals surface area contributed by atoms with Crippen LogP contribution < -0.4 is 5.32 Å². The molecule has 0 unspecified atom stereocenters. The molecule has 0 aromatic heterocycles. The van der Waals surface area contributed by atoms with Gasteiger partial charge in [-0.2, -0.15) is 0 Å². The molecule has 1 saturated carbocycles. The zero-order valence-corrected chi connectivity index (χ0v) is 11.2. The van der Waals surface area contributed by atoms with E-state index >= 15 is 0 Å². The minimum Gasteiger partial charge on any atom is -0.481 e. The molecule has 0 saturated heterocycles. The van der Waals surface area contributed by atoms with Crippen LogP contribution >= 0.6 is 0 Å². The summed E-state index contributed by atoms with van der Waals surface area (Å²) in [4.78, 5) is 24.4. The van der Waals surface area contributed by atoms with Gasteiger partial charge < -0.3 is 15.3 Å². The first-order chi connectivity index (χ1) is 9.03. The first kappa shape index (κ1) is 15.3. The predicted octanol–water partition coefficient (Wildman–Crippen LogP) is 2.01. The number of hydrogen-bond acceptors (Lipinski definition) is 2. The molecule has 1 aliphatic rings. The van der Waals surface area contributed by atoms with Crippen molar-refractivity contribution < 1.29 is 14.7 Å². The van der Waals surface area contributed by atoms with Crippen molar-refractivity contribution in [3.63, 3.8) is 0 Å². The molecule has 0 radical (unpaired) electrons. The van der Waals surface area contributed by atoms with Gasteiger partial charge in [-0.25, -0.2) is 4.79 Å². The van der Waals surface area contributed by atoms with Crippen molar-refractivity contribution in [2.24, 2.45) is 5.41 Å². The number of aliphatic carboxylic acids is 1. The maximum absolute atomic E-state index is 12.0. The monoisotopic (exact) mass is 266 g/mol. The molecule has 5 nitrogen and oxygen atoms in total. The second-order valence-corrected chi connectivity index (χ2v) is 5.07. The van der Waals surface area contributed by atoms with Crippen LogP contribution in [0.1, 0.15) is 25.7 Å². The van der Waals surface area contributed by atoms with Crippen LogP contribution in [0.4, 0.5) is 4.79 Å². The van der Waals surface area contributed by atoms with Crippen molar-refractivity contribution in [2.45, 2.75) is 25.7 Å². The molecule has 1 rings (SSSR count). The molecule has 0 heterocycles. The van der Waals surface area contributed by atoms with Gasteiger partial charge in [-0.1, -0.05) is 18.6 Å². The Balaban J connectivity index is 2.48. The van der Waals surface area contributed by atoms with E-state index in [9.17, 15) is 9.59 Å². The van der Waals surface area contributed by atoms with Crippen molar-refractivity contribution >= 4 is 12.0 Å². The van der Waals surface area contributed by atoms with Gasteiger partial charge in [-0.05, 0) is 18.3 Å². The van der Waals surface area contributed by atoms with E-state index in [0.29, 0.717) is 19.6 Å². The fourth-order valence-electron chi connectivity index (χ4n) is 2.34. The molecule has 2 amide bonds. The number of carboxylic acid groups (broad SMARTS) is 1. The summed E-state index contributed by atoms with van der Waals surface area (Å²) in [7, 11) is 0. The Hall–Kier alpha value is -1.78. The van der Waals surface area contributed by atoms with E-state index in [-0.39, 0.29) is 17.9 Å². The first-order valence-corrected chi connectivity index (χ1v) is 6.49. The highest BCUT2D eigenvalue weighted by molar-refractivity contribution is 5.75. The molecule has 1 fully saturated rings. The largest absolute Gasteiger partial charge is 0.481 e. The molecule has 0 aliphatic heterocycles. The van der Waals surface area contributed by atoms with Gasteiger partial charge in [0.05, 0.1) is 6.42 Å². The highest BCUT2D eigenvalue weighted by atomic mass is 16.4. The van der Waals surface area contributed by atoms with Crippen LogP contribution in [0.25, 0.3) is 0 Å². The maximum atomic E-state index is 12.0. The average Bonchev–Trinajstić information content (AvgIpc) is 2.31. The Labute approximate surface area is 114 Å². The number of urea groups is 1. The van der Waals surface area contributed by atoms with Crippen LogP contribution in [0, 0.1) is 5.41 Å². The molecule has 0 spiro atoms. The quantitative estimate of drug-likeness (QED) is 0.660. The second-order valence-electron chi connectivity index (χ2n) is 5.07. The van der Waals surface area contributed by atoms with Crippen molar-refractivity contribution in [2.75, 3.05) is 19.6 Å². The first-order valence-electron chi connectivity index (χ1n) is 6.49. The summed E-state index contributed by atoms with van der Waals surface area (Å²) in [5, 5.41) is 11.7. The Kier molecular flexibility index (Phi) is 5.60. The van der Waals surface area contributed by atoms with Crippen LogP contribution in [0.2, 0.25) is 0 Å². The molecular weight excluding hydrogens is 244 g/mol. The smallest absolute Gasteiger partial charge is 0.317 e. The topological polar surface area (TPSA) is 69.6 Å². The Morgan fingerprint density at radius 3 is 2.21 bits per heavy atom. The fourth-order valence-corrected chi connectivity index (χ4v) is 2.34. The van der Waals surface area contributed by atoms with Gasteiger partial charge in [0, 0.05) is 19.6 Å². The van der Waals surface area contributed by atoms with E-state index in [1.54, 1.807) is 17.1 Å². The zero-order chi connectivity index (χ0) is 14.3. The number of carboxylic acids is 1. The number of amides is 2. The van der Waals surface area contributed by atoms with Gasteiger partial charge in [0.2, 0.25) is 0 Å². The van der Waals surface area contributed by atoms with E-state index < -0.39 is 5.97 Å². The molecule has 5 heteroatoms. The van der Waals surface area contributed by atoms with Crippen molar-refractivity contribution in [3.05, 3.63) is 25.3 Å². The van der Waals surface area contributed by atoms with Crippen molar-refractivity contribution in [3.8, 4) is 0 Å². The number of carbonyl (C=O) groups is 2. The summed E-state index contributed by atoms with van der Waals surface area (Å²) in [6.45, 7) is 8.53. The fraction of sp³-hybridized carbons (Fsp3) is 0.571. The second kappa shape index (κ2) is 6.97. The summed E-state index contributed by atoms with van der Waals surface area (Å²) >= 11 is 0. The number of hydrogen-bond donors (Lipinski definition) is 2. The van der Waals surface area contributed by atoms with Gasteiger partial charge in [0.1, 0.15) is 0 Å². The van der Waals surface area contributed by atoms with Crippen LogP contribution in [-0.2, 0) is 4.79 Å². The third-order valence-corrected chi connectivity index (χ3v) is 3.54. The van der Waals surface area contributed by atoms with Gasteiger partial charge in [0.15, 0.2) is 0 Å². The van der Waals surface area contributed by atoms with Crippen molar-refractivity contribution in [1.29, 1.82) is 0 Å². The maximum Gasteiger partial charge on any atom is 0.317 e. The van der Waals surface area contributed by atoms with Crippen LogP contribution in [0.3, 0.4) is 0 Å². The van der Waals surface area contributed by atoms with Crippen LogP contribution in [0.5, 0.6) is 0 Å². The van der Waals surface area contributed by atoms with Crippen LogP contribution in [0.15, 0.2) is 25.3 Å². The van der Waals surface area contributed by atoms with E-state index in [4.69, 9.17) is 5.11 Å². The van der Waals surface area contributed by atoms with E-state index in [0.717, 1.165) is 19.3 Å². The molecule has 0 atom stereocenters. The summed E-state index contributed by atoms with van der Waals surface area (Å²) < 4.78 is 0. The lowest BCUT2D eigenvalue weighted by Crippen LogP contribution is -2.48. The number of carbonyl (C=O) groups excluding carboxylic acids is 1. The average molecular weight is 266 g/mol. The Morgan fingerprint density at radius 2 is 1.84 bits per heavy atom. The zero-order valence-electron chi connectivity index (χ0n) is 11.2. The summed E-state index contributed by atoms with van der Waals surface area (Å²) in [5.74, 6) is -0.803. The Bertz CT molecular complexity index is 352. The third kappa shape index (κ3) is 4.43. The molecule has 0 aromatic carbocycles.